The fourth-order valence-corrected chi connectivity index (χ4v) is 1.69. The zero-order valence-corrected chi connectivity index (χ0v) is 11.2. The molecule has 0 amide bonds. The predicted octanol–water partition coefficient (Wildman–Crippen LogP) is 3.54. The summed E-state index contributed by atoms with van der Waals surface area (Å²) < 4.78 is 30.2. The number of hydrogen-bond acceptors (Lipinski definition) is 3. The average molecular weight is 329 g/mol. The number of nitrogens with zero attached hydrogens (tertiary/aromatic N) is 1. The number of ether oxygens (including phenoxy) is 1. The molecule has 0 saturated carbocycles. The van der Waals surface area contributed by atoms with E-state index in [1.54, 1.807) is 6.92 Å². The minimum Gasteiger partial charge on any atom is -0.466 e. The van der Waals surface area contributed by atoms with Gasteiger partial charge in [-0.05, 0) is 34.5 Å². The Morgan fingerprint density at radius 1 is 1.65 bits per heavy atom. The second kappa shape index (κ2) is 6.26. The van der Waals surface area contributed by atoms with E-state index in [2.05, 4.69) is 25.7 Å². The van der Waals surface area contributed by atoms with E-state index in [1.807, 2.05) is 0 Å². The molecule has 0 radical (unpaired) electrons. The van der Waals surface area contributed by atoms with Crippen molar-refractivity contribution in [3.63, 3.8) is 0 Å². The van der Waals surface area contributed by atoms with Crippen molar-refractivity contribution in [3.8, 4) is 0 Å². The van der Waals surface area contributed by atoms with Gasteiger partial charge in [-0.15, -0.1) is 0 Å². The van der Waals surface area contributed by atoms with Gasteiger partial charge in [0, 0.05) is 0 Å². The van der Waals surface area contributed by atoms with Crippen LogP contribution in [0.5, 0.6) is 0 Å². The number of rotatable bonds is 4. The fourth-order valence-electron chi connectivity index (χ4n) is 1.22. The number of esters is 1. The van der Waals surface area contributed by atoms with Gasteiger partial charge in [0.15, 0.2) is 0 Å². The number of alkyl halides is 2. The van der Waals surface area contributed by atoms with Crippen LogP contribution in [-0.2, 0) is 16.0 Å². The summed E-state index contributed by atoms with van der Waals surface area (Å²) in [5.41, 5.74) is -0.388. The molecular formula is C10H9BrClF2NO2. The highest BCUT2D eigenvalue weighted by molar-refractivity contribution is 9.10. The normalized spacial score (nSPS) is 10.7. The summed E-state index contributed by atoms with van der Waals surface area (Å²) in [5, 5.41) is 0.175. The average Bonchev–Trinajstić information content (AvgIpc) is 2.23. The zero-order valence-electron chi connectivity index (χ0n) is 8.84. The molecule has 0 spiro atoms. The summed E-state index contributed by atoms with van der Waals surface area (Å²) in [6, 6.07) is 1.29. The Morgan fingerprint density at radius 3 is 2.82 bits per heavy atom. The van der Waals surface area contributed by atoms with Crippen LogP contribution in [0.25, 0.3) is 0 Å². The molecule has 7 heteroatoms. The van der Waals surface area contributed by atoms with Crippen molar-refractivity contribution in [3.05, 3.63) is 26.9 Å². The van der Waals surface area contributed by atoms with Crippen LogP contribution in [0.15, 0.2) is 10.7 Å². The summed E-state index contributed by atoms with van der Waals surface area (Å²) in [7, 11) is 0. The van der Waals surface area contributed by atoms with E-state index in [9.17, 15) is 13.6 Å². The molecule has 3 nitrogen and oxygen atoms in total. The molecule has 1 aromatic rings. The topological polar surface area (TPSA) is 39.2 Å². The quantitative estimate of drug-likeness (QED) is 0.627. The lowest BCUT2D eigenvalue weighted by atomic mass is 10.1. The Kier molecular flexibility index (Phi) is 5.27. The largest absolute Gasteiger partial charge is 0.466 e. The van der Waals surface area contributed by atoms with Crippen LogP contribution in [0.2, 0.25) is 5.02 Å². The molecule has 0 unspecified atom stereocenters. The van der Waals surface area contributed by atoms with Crippen molar-refractivity contribution in [1.82, 2.24) is 4.98 Å². The van der Waals surface area contributed by atoms with Gasteiger partial charge in [0.05, 0.1) is 18.1 Å². The van der Waals surface area contributed by atoms with Crippen LogP contribution >= 0.6 is 27.5 Å². The lowest BCUT2D eigenvalue weighted by molar-refractivity contribution is -0.142. The van der Waals surface area contributed by atoms with Crippen molar-refractivity contribution in [1.29, 1.82) is 0 Å². The molecule has 0 atom stereocenters. The molecule has 0 fully saturated rings. The number of carbonyl (C=O) groups is 1. The van der Waals surface area contributed by atoms with E-state index in [0.717, 1.165) is 0 Å². The minimum absolute atomic E-state index is 0.0756. The van der Waals surface area contributed by atoms with Gasteiger partial charge >= 0.3 is 5.97 Å². The van der Waals surface area contributed by atoms with Crippen LogP contribution in [0, 0.1) is 0 Å². The molecule has 1 rings (SSSR count). The van der Waals surface area contributed by atoms with Crippen LogP contribution in [0.3, 0.4) is 0 Å². The first-order valence-electron chi connectivity index (χ1n) is 4.74. The molecule has 0 bridgehead atoms. The second-order valence-electron chi connectivity index (χ2n) is 3.09. The standard InChI is InChI=1S/C10H9BrClF2NO2/c1-2-17-7(16)4-5-3-6(12)9(11)15-8(5)10(13)14/h3,10H,2,4H2,1H3. The van der Waals surface area contributed by atoms with Crippen molar-refractivity contribution >= 4 is 33.5 Å². The number of aromatic nitrogens is 1. The Balaban J connectivity index is 3.04. The van der Waals surface area contributed by atoms with E-state index in [1.165, 1.54) is 6.07 Å². The van der Waals surface area contributed by atoms with Gasteiger partial charge < -0.3 is 4.74 Å². The minimum atomic E-state index is -2.77. The summed E-state index contributed by atoms with van der Waals surface area (Å²) in [4.78, 5) is 14.8. The SMILES string of the molecule is CCOC(=O)Cc1cc(Cl)c(Br)nc1C(F)F. The van der Waals surface area contributed by atoms with Crippen LogP contribution in [-0.4, -0.2) is 17.6 Å². The van der Waals surface area contributed by atoms with Gasteiger partial charge in [0.1, 0.15) is 10.3 Å². The number of pyridine rings is 1. The Labute approximate surface area is 110 Å². The third-order valence-corrected chi connectivity index (χ3v) is 3.01. The van der Waals surface area contributed by atoms with E-state index in [4.69, 9.17) is 11.6 Å². The lowest BCUT2D eigenvalue weighted by Gasteiger charge is -2.09. The fraction of sp³-hybridized carbons (Fsp3) is 0.400. The van der Waals surface area contributed by atoms with E-state index in [0.29, 0.717) is 0 Å². The molecule has 0 aliphatic carbocycles. The van der Waals surface area contributed by atoms with E-state index in [-0.39, 0.29) is 28.2 Å². The molecule has 0 aromatic carbocycles. The highest BCUT2D eigenvalue weighted by Gasteiger charge is 2.19. The van der Waals surface area contributed by atoms with E-state index >= 15 is 0 Å². The maximum absolute atomic E-state index is 12.7. The van der Waals surface area contributed by atoms with Crippen LogP contribution in [0.4, 0.5) is 8.78 Å². The maximum atomic E-state index is 12.7. The summed E-state index contributed by atoms with van der Waals surface area (Å²) in [6.45, 7) is 1.83. The van der Waals surface area contributed by atoms with Gasteiger partial charge in [0.2, 0.25) is 0 Å². The van der Waals surface area contributed by atoms with Gasteiger partial charge in [0.25, 0.3) is 6.43 Å². The number of halogens is 4. The summed E-state index contributed by atoms with van der Waals surface area (Å²) in [5.74, 6) is -0.588. The Morgan fingerprint density at radius 2 is 2.29 bits per heavy atom. The Hall–Kier alpha value is -0.750. The molecule has 0 saturated heterocycles. The molecule has 0 aliphatic rings. The van der Waals surface area contributed by atoms with Crippen LogP contribution in [0.1, 0.15) is 24.6 Å². The number of hydrogen-bond donors (Lipinski definition) is 0. The smallest absolute Gasteiger partial charge is 0.310 e. The molecule has 94 valence electrons. The molecular weight excluding hydrogens is 319 g/mol. The lowest BCUT2D eigenvalue weighted by Crippen LogP contribution is -2.10. The van der Waals surface area contributed by atoms with Gasteiger partial charge in [-0.3, -0.25) is 4.79 Å². The predicted molar refractivity (Wildman–Crippen MR) is 62.2 cm³/mol. The highest BCUT2D eigenvalue weighted by Crippen LogP contribution is 2.29. The van der Waals surface area contributed by atoms with Gasteiger partial charge in [-0.25, -0.2) is 13.8 Å². The third-order valence-electron chi connectivity index (χ3n) is 1.89. The van der Waals surface area contributed by atoms with Crippen molar-refractivity contribution in [2.24, 2.45) is 0 Å². The third kappa shape index (κ3) is 3.89. The first-order chi connectivity index (χ1) is 7.95. The second-order valence-corrected chi connectivity index (χ2v) is 4.25. The molecule has 0 aliphatic heterocycles. The first kappa shape index (κ1) is 14.3. The monoisotopic (exact) mass is 327 g/mol. The van der Waals surface area contributed by atoms with Crippen molar-refractivity contribution in [2.75, 3.05) is 6.61 Å². The molecule has 17 heavy (non-hydrogen) atoms. The Bertz CT molecular complexity index is 429. The summed E-state index contributed by atoms with van der Waals surface area (Å²) in [6.07, 6.45) is -3.04. The summed E-state index contributed by atoms with van der Waals surface area (Å²) >= 11 is 8.70. The molecule has 1 aromatic heterocycles. The highest BCUT2D eigenvalue weighted by atomic mass is 79.9. The first-order valence-corrected chi connectivity index (χ1v) is 5.91. The molecule has 0 N–H and O–H groups in total. The van der Waals surface area contributed by atoms with E-state index < -0.39 is 18.1 Å². The van der Waals surface area contributed by atoms with Crippen LogP contribution < -0.4 is 0 Å². The van der Waals surface area contributed by atoms with Crippen molar-refractivity contribution < 1.29 is 18.3 Å². The van der Waals surface area contributed by atoms with Gasteiger partial charge in [-0.1, -0.05) is 11.6 Å². The number of carbonyl (C=O) groups excluding carboxylic acids is 1. The zero-order chi connectivity index (χ0) is 13.0. The maximum Gasteiger partial charge on any atom is 0.310 e. The van der Waals surface area contributed by atoms with Gasteiger partial charge in [-0.2, -0.15) is 0 Å². The molecule has 1 heterocycles. The van der Waals surface area contributed by atoms with Crippen molar-refractivity contribution in [2.45, 2.75) is 19.8 Å².